The van der Waals surface area contributed by atoms with Crippen LogP contribution in [0.1, 0.15) is 0 Å². The highest BCUT2D eigenvalue weighted by molar-refractivity contribution is 6.31. The Hall–Kier alpha value is -2.34. The summed E-state index contributed by atoms with van der Waals surface area (Å²) in [5.41, 5.74) is 6.55. The number of aromatic nitrogens is 1. The maximum absolute atomic E-state index is 13.5. The average molecular weight is 296 g/mol. The molecule has 0 saturated carbocycles. The van der Waals surface area contributed by atoms with Gasteiger partial charge in [0.1, 0.15) is 11.5 Å². The van der Waals surface area contributed by atoms with Gasteiger partial charge in [-0.1, -0.05) is 11.6 Å². The molecule has 3 N–H and O–H groups in total. The molecule has 0 amide bonds. The fraction of sp³-hybridized carbons (Fsp3) is 0. The molecule has 0 spiro atoms. The third kappa shape index (κ3) is 2.04. The molecule has 1 aromatic carbocycles. The van der Waals surface area contributed by atoms with Crippen molar-refractivity contribution in [2.24, 2.45) is 0 Å². The number of hydrogen-bond acceptors (Lipinski definition) is 4. The maximum atomic E-state index is 13.5. The minimum absolute atomic E-state index is 0.00680. The van der Waals surface area contributed by atoms with Gasteiger partial charge in [0.2, 0.25) is 5.88 Å². The largest absolute Gasteiger partial charge is 0.434 e. The van der Waals surface area contributed by atoms with Crippen molar-refractivity contribution in [2.75, 3.05) is 11.1 Å². The minimum Gasteiger partial charge on any atom is -0.434 e. The van der Waals surface area contributed by atoms with E-state index in [9.17, 15) is 8.78 Å². The quantitative estimate of drug-likeness (QED) is 0.699. The molecule has 0 fully saturated rings. The molecule has 0 aliphatic rings. The summed E-state index contributed by atoms with van der Waals surface area (Å²) in [6, 6.07) is 5.65. The van der Waals surface area contributed by atoms with Crippen molar-refractivity contribution in [2.45, 2.75) is 0 Å². The van der Waals surface area contributed by atoms with E-state index in [1.54, 1.807) is 6.07 Å². The van der Waals surface area contributed by atoms with Crippen LogP contribution in [-0.4, -0.2) is 4.98 Å². The molecule has 4 nitrogen and oxygen atoms in total. The number of benzene rings is 1. The molecular weight excluding hydrogens is 288 g/mol. The third-order valence-electron chi connectivity index (χ3n) is 2.78. The van der Waals surface area contributed by atoms with Crippen LogP contribution in [0.15, 0.2) is 34.9 Å². The summed E-state index contributed by atoms with van der Waals surface area (Å²) in [5, 5.41) is 3.33. The van der Waals surface area contributed by atoms with E-state index in [2.05, 4.69) is 10.3 Å². The van der Waals surface area contributed by atoms with Crippen LogP contribution in [0.2, 0.25) is 5.02 Å². The van der Waals surface area contributed by atoms with E-state index in [1.807, 2.05) is 0 Å². The van der Waals surface area contributed by atoms with Crippen LogP contribution in [0.4, 0.5) is 26.0 Å². The molecule has 0 aliphatic heterocycles. The lowest BCUT2D eigenvalue weighted by Gasteiger charge is -2.06. The van der Waals surface area contributed by atoms with Crippen molar-refractivity contribution in [3.05, 3.63) is 47.2 Å². The summed E-state index contributed by atoms with van der Waals surface area (Å²) < 4.78 is 31.7. The van der Waals surface area contributed by atoms with E-state index in [0.29, 0.717) is 16.8 Å². The Balaban J connectivity index is 2.08. The Morgan fingerprint density at radius 2 is 2.05 bits per heavy atom. The lowest BCUT2D eigenvalue weighted by molar-refractivity contribution is 0.545. The first-order valence-corrected chi connectivity index (χ1v) is 5.98. The maximum Gasteiger partial charge on any atom is 0.256 e. The number of furan rings is 1. The molecule has 7 heteroatoms. The fourth-order valence-electron chi connectivity index (χ4n) is 1.86. The summed E-state index contributed by atoms with van der Waals surface area (Å²) in [6.07, 6.45) is 1.30. The van der Waals surface area contributed by atoms with Crippen LogP contribution < -0.4 is 11.1 Å². The van der Waals surface area contributed by atoms with Crippen LogP contribution in [0.25, 0.3) is 11.0 Å². The predicted octanol–water partition coefficient (Wildman–Crippen LogP) is 4.09. The predicted molar refractivity (Wildman–Crippen MR) is 73.1 cm³/mol. The minimum atomic E-state index is -0.751. The van der Waals surface area contributed by atoms with Gasteiger partial charge in [0.25, 0.3) is 5.95 Å². The molecule has 102 valence electrons. The number of anilines is 3. The van der Waals surface area contributed by atoms with E-state index >= 15 is 0 Å². The second-order valence-corrected chi connectivity index (χ2v) is 4.48. The molecule has 0 unspecified atom stereocenters. The number of nitrogen functional groups attached to an aromatic ring is 1. The van der Waals surface area contributed by atoms with E-state index in [0.717, 1.165) is 0 Å². The number of fused-ring (bicyclic) bond motifs is 1. The Morgan fingerprint density at radius 1 is 1.25 bits per heavy atom. The van der Waals surface area contributed by atoms with Crippen molar-refractivity contribution in [1.82, 2.24) is 4.98 Å². The van der Waals surface area contributed by atoms with Crippen LogP contribution in [0.5, 0.6) is 0 Å². The van der Waals surface area contributed by atoms with E-state index in [4.69, 9.17) is 21.8 Å². The van der Waals surface area contributed by atoms with Crippen molar-refractivity contribution in [3.63, 3.8) is 0 Å². The van der Waals surface area contributed by atoms with E-state index in [1.165, 1.54) is 24.4 Å². The molecule has 20 heavy (non-hydrogen) atoms. The number of rotatable bonds is 2. The zero-order chi connectivity index (χ0) is 14.3. The molecular formula is C13H8ClF2N3O. The third-order valence-corrected chi connectivity index (χ3v) is 3.07. The van der Waals surface area contributed by atoms with Gasteiger partial charge in [-0.3, -0.25) is 0 Å². The van der Waals surface area contributed by atoms with Gasteiger partial charge < -0.3 is 15.5 Å². The lowest BCUT2D eigenvalue weighted by atomic mass is 10.2. The van der Waals surface area contributed by atoms with Gasteiger partial charge in [-0.25, -0.2) is 9.37 Å². The number of nitrogens with two attached hydrogens (primary N) is 1. The van der Waals surface area contributed by atoms with Gasteiger partial charge in [-0.15, -0.1) is 0 Å². The first-order chi connectivity index (χ1) is 9.56. The van der Waals surface area contributed by atoms with Crippen molar-refractivity contribution in [3.8, 4) is 0 Å². The molecule has 0 radical (unpaired) electrons. The lowest BCUT2D eigenvalue weighted by Crippen LogP contribution is -1.94. The zero-order valence-electron chi connectivity index (χ0n) is 9.95. The SMILES string of the molecule is Nc1oc2c(F)nccc2c1Nc1ccc(F)c(Cl)c1. The summed E-state index contributed by atoms with van der Waals surface area (Å²) in [6.45, 7) is 0. The fourth-order valence-corrected chi connectivity index (χ4v) is 2.04. The Kier molecular flexibility index (Phi) is 2.94. The average Bonchev–Trinajstić information content (AvgIpc) is 2.73. The van der Waals surface area contributed by atoms with Gasteiger partial charge in [-0.2, -0.15) is 4.39 Å². The Labute approximate surface area is 117 Å². The standard InChI is InChI=1S/C13H8ClF2N3O/c14-8-5-6(1-2-9(8)15)19-10-7-3-4-18-12(16)11(7)20-13(10)17/h1-5,19H,17H2. The number of pyridine rings is 1. The molecule has 3 aromatic rings. The topological polar surface area (TPSA) is 64.1 Å². The normalized spacial score (nSPS) is 10.9. The van der Waals surface area contributed by atoms with Crippen molar-refractivity contribution < 1.29 is 13.2 Å². The highest BCUT2D eigenvalue weighted by Gasteiger charge is 2.16. The van der Waals surface area contributed by atoms with Crippen LogP contribution >= 0.6 is 11.6 Å². The number of nitrogens with zero attached hydrogens (tertiary/aromatic N) is 1. The highest BCUT2D eigenvalue weighted by Crippen LogP contribution is 2.36. The van der Waals surface area contributed by atoms with Crippen LogP contribution in [0.3, 0.4) is 0 Å². The summed E-state index contributed by atoms with van der Waals surface area (Å²) in [5.74, 6) is -1.27. The number of hydrogen-bond donors (Lipinski definition) is 2. The van der Waals surface area contributed by atoms with Crippen LogP contribution in [-0.2, 0) is 0 Å². The second-order valence-electron chi connectivity index (χ2n) is 4.07. The van der Waals surface area contributed by atoms with E-state index in [-0.39, 0.29) is 16.5 Å². The van der Waals surface area contributed by atoms with Gasteiger partial charge >= 0.3 is 0 Å². The smallest absolute Gasteiger partial charge is 0.256 e. The first-order valence-electron chi connectivity index (χ1n) is 5.61. The molecule has 0 bridgehead atoms. The van der Waals surface area contributed by atoms with Crippen molar-refractivity contribution in [1.29, 1.82) is 0 Å². The van der Waals surface area contributed by atoms with E-state index < -0.39 is 11.8 Å². The molecule has 2 heterocycles. The summed E-state index contributed by atoms with van der Waals surface area (Å²) in [4.78, 5) is 3.48. The number of nitrogens with one attached hydrogen (secondary N) is 1. The highest BCUT2D eigenvalue weighted by atomic mass is 35.5. The second kappa shape index (κ2) is 4.64. The Bertz CT molecular complexity index is 804. The van der Waals surface area contributed by atoms with Crippen molar-refractivity contribution >= 4 is 39.8 Å². The number of halogens is 3. The molecule has 2 aromatic heterocycles. The molecule has 0 saturated heterocycles. The Morgan fingerprint density at radius 3 is 2.80 bits per heavy atom. The van der Waals surface area contributed by atoms with Gasteiger partial charge in [0.15, 0.2) is 5.58 Å². The van der Waals surface area contributed by atoms with Crippen LogP contribution in [0, 0.1) is 11.8 Å². The van der Waals surface area contributed by atoms with Gasteiger partial charge in [0, 0.05) is 11.9 Å². The van der Waals surface area contributed by atoms with Gasteiger partial charge in [0.05, 0.1) is 10.4 Å². The first kappa shape index (κ1) is 12.7. The molecule has 3 rings (SSSR count). The molecule has 0 atom stereocenters. The zero-order valence-corrected chi connectivity index (χ0v) is 10.7. The monoisotopic (exact) mass is 295 g/mol. The molecule has 0 aliphatic carbocycles. The van der Waals surface area contributed by atoms with Gasteiger partial charge in [-0.05, 0) is 24.3 Å². The summed E-state index contributed by atoms with van der Waals surface area (Å²) in [7, 11) is 0. The summed E-state index contributed by atoms with van der Waals surface area (Å²) >= 11 is 5.70.